The molecule has 0 saturated carbocycles. The zero-order valence-corrected chi connectivity index (χ0v) is 14.1. The number of rotatable bonds is 4. The van der Waals surface area contributed by atoms with Crippen LogP contribution in [0.2, 0.25) is 0 Å². The third-order valence-electron chi connectivity index (χ3n) is 3.19. The SMILES string of the molecule is COC(=O)OCC(C)C1(CC#N)S/C(=C\C#N)C(C)(C)S1. The monoisotopic (exact) mass is 326 g/mol. The summed E-state index contributed by atoms with van der Waals surface area (Å²) in [7, 11) is 1.26. The van der Waals surface area contributed by atoms with Crippen molar-refractivity contribution in [3.63, 3.8) is 0 Å². The first-order valence-corrected chi connectivity index (χ1v) is 8.01. The maximum absolute atomic E-state index is 11.1. The lowest BCUT2D eigenvalue weighted by molar-refractivity contribution is 0.0608. The number of allylic oxidation sites excluding steroid dienone is 1. The zero-order chi connectivity index (χ0) is 16.1. The number of ether oxygens (including phenoxy) is 2. The van der Waals surface area contributed by atoms with Gasteiger partial charge in [-0.3, -0.25) is 0 Å². The van der Waals surface area contributed by atoms with E-state index in [0.29, 0.717) is 6.42 Å². The first-order valence-electron chi connectivity index (χ1n) is 6.38. The van der Waals surface area contributed by atoms with Gasteiger partial charge in [-0.1, -0.05) is 6.92 Å². The van der Waals surface area contributed by atoms with Gasteiger partial charge in [0.1, 0.15) is 0 Å². The summed E-state index contributed by atoms with van der Waals surface area (Å²) in [6.45, 7) is 6.16. The van der Waals surface area contributed by atoms with Crippen LogP contribution < -0.4 is 0 Å². The molecule has 2 atom stereocenters. The van der Waals surface area contributed by atoms with Gasteiger partial charge < -0.3 is 9.47 Å². The molecule has 0 aromatic carbocycles. The van der Waals surface area contributed by atoms with Crippen LogP contribution in [-0.2, 0) is 9.47 Å². The molecule has 1 saturated heterocycles. The lowest BCUT2D eigenvalue weighted by atomic mass is 10.1. The van der Waals surface area contributed by atoms with Crippen LogP contribution in [0.1, 0.15) is 27.2 Å². The van der Waals surface area contributed by atoms with Gasteiger partial charge in [0.2, 0.25) is 0 Å². The van der Waals surface area contributed by atoms with Gasteiger partial charge in [0.15, 0.2) is 0 Å². The first kappa shape index (κ1) is 17.7. The average Bonchev–Trinajstić information content (AvgIpc) is 2.68. The molecular formula is C14H18N2O3S2. The molecule has 1 fully saturated rings. The molecule has 0 aromatic rings. The van der Waals surface area contributed by atoms with Gasteiger partial charge >= 0.3 is 6.16 Å². The minimum Gasteiger partial charge on any atom is -0.438 e. The maximum atomic E-state index is 11.1. The number of hydrogen-bond acceptors (Lipinski definition) is 7. The van der Waals surface area contributed by atoms with E-state index in [1.807, 2.05) is 20.8 Å². The molecule has 114 valence electrons. The lowest BCUT2D eigenvalue weighted by Gasteiger charge is -2.32. The number of nitrogens with zero attached hydrogens (tertiary/aromatic N) is 2. The van der Waals surface area contributed by atoms with Crippen LogP contribution in [0.4, 0.5) is 4.79 Å². The van der Waals surface area contributed by atoms with E-state index in [4.69, 9.17) is 15.3 Å². The second kappa shape index (κ2) is 7.11. The molecule has 0 aliphatic carbocycles. The van der Waals surface area contributed by atoms with Crippen molar-refractivity contribution in [1.29, 1.82) is 10.5 Å². The van der Waals surface area contributed by atoms with Crippen LogP contribution in [0.15, 0.2) is 11.0 Å². The van der Waals surface area contributed by atoms with E-state index in [9.17, 15) is 4.79 Å². The van der Waals surface area contributed by atoms with Crippen LogP contribution in [0.25, 0.3) is 0 Å². The Kier molecular flexibility index (Phi) is 6.00. The molecule has 0 amide bonds. The molecule has 1 heterocycles. The smallest absolute Gasteiger partial charge is 0.438 e. The Morgan fingerprint density at radius 3 is 2.67 bits per heavy atom. The molecule has 0 radical (unpaired) electrons. The molecule has 2 unspecified atom stereocenters. The number of nitriles is 2. The maximum Gasteiger partial charge on any atom is 0.507 e. The van der Waals surface area contributed by atoms with Gasteiger partial charge in [-0.2, -0.15) is 10.5 Å². The normalized spacial score (nSPS) is 26.7. The third-order valence-corrected chi connectivity index (χ3v) is 7.19. The van der Waals surface area contributed by atoms with Crippen molar-refractivity contribution in [3.05, 3.63) is 11.0 Å². The molecule has 1 aliphatic heterocycles. The number of carbonyl (C=O) groups is 1. The second-order valence-corrected chi connectivity index (χ2v) is 8.75. The highest BCUT2D eigenvalue weighted by molar-refractivity contribution is 8.24. The van der Waals surface area contributed by atoms with E-state index in [1.165, 1.54) is 24.9 Å². The third kappa shape index (κ3) is 4.09. The molecule has 0 spiro atoms. The minimum absolute atomic E-state index is 0.0601. The van der Waals surface area contributed by atoms with E-state index >= 15 is 0 Å². The molecule has 7 heteroatoms. The van der Waals surface area contributed by atoms with E-state index in [-0.39, 0.29) is 17.3 Å². The molecule has 5 nitrogen and oxygen atoms in total. The van der Waals surface area contributed by atoms with Crippen molar-refractivity contribution in [3.8, 4) is 12.1 Å². The van der Waals surface area contributed by atoms with Crippen LogP contribution in [0, 0.1) is 28.6 Å². The Morgan fingerprint density at radius 1 is 1.48 bits per heavy atom. The second-order valence-electron chi connectivity index (χ2n) is 5.17. The topological polar surface area (TPSA) is 83.1 Å². The summed E-state index contributed by atoms with van der Waals surface area (Å²) in [5, 5.41) is 18.1. The summed E-state index contributed by atoms with van der Waals surface area (Å²) in [4.78, 5) is 12.1. The van der Waals surface area contributed by atoms with E-state index in [1.54, 1.807) is 11.8 Å². The molecule has 21 heavy (non-hydrogen) atoms. The van der Waals surface area contributed by atoms with Gasteiger partial charge in [0.05, 0.1) is 36.4 Å². The Morgan fingerprint density at radius 2 is 2.14 bits per heavy atom. The molecular weight excluding hydrogens is 308 g/mol. The van der Waals surface area contributed by atoms with Crippen LogP contribution in [-0.4, -0.2) is 28.7 Å². The zero-order valence-electron chi connectivity index (χ0n) is 12.5. The number of carbonyl (C=O) groups excluding carboxylic acids is 1. The van der Waals surface area contributed by atoms with E-state index < -0.39 is 10.2 Å². The van der Waals surface area contributed by atoms with Gasteiger partial charge in [-0.25, -0.2) is 4.79 Å². The van der Waals surface area contributed by atoms with Crippen LogP contribution in [0.3, 0.4) is 0 Å². The average molecular weight is 326 g/mol. The number of thioether (sulfide) groups is 2. The van der Waals surface area contributed by atoms with Gasteiger partial charge in [0, 0.05) is 21.6 Å². The molecule has 1 rings (SSSR count). The molecule has 0 bridgehead atoms. The van der Waals surface area contributed by atoms with Crippen molar-refractivity contribution in [2.45, 2.75) is 36.0 Å². The van der Waals surface area contributed by atoms with Crippen molar-refractivity contribution in [2.24, 2.45) is 5.92 Å². The molecule has 1 aliphatic rings. The van der Waals surface area contributed by atoms with Crippen molar-refractivity contribution < 1.29 is 14.3 Å². The van der Waals surface area contributed by atoms with E-state index in [0.717, 1.165) is 4.91 Å². The Hall–Kier alpha value is -1.31. The van der Waals surface area contributed by atoms with Crippen molar-refractivity contribution in [2.75, 3.05) is 13.7 Å². The van der Waals surface area contributed by atoms with Gasteiger partial charge in [-0.15, -0.1) is 23.5 Å². The summed E-state index contributed by atoms with van der Waals surface area (Å²) in [5.41, 5.74) is 0. The van der Waals surface area contributed by atoms with Crippen molar-refractivity contribution >= 4 is 29.7 Å². The standard InChI is InChI=1S/C14H18N2O3S2/c1-10(9-19-12(17)18-4)14(6-8-16)20-11(5-7-15)13(2,3)21-14/h5,10H,6,9H2,1-4H3/b11-5-. The van der Waals surface area contributed by atoms with Gasteiger partial charge in [0.25, 0.3) is 0 Å². The lowest BCUT2D eigenvalue weighted by Crippen LogP contribution is -2.32. The Labute approximate surface area is 133 Å². The molecule has 0 aromatic heterocycles. The predicted molar refractivity (Wildman–Crippen MR) is 83.4 cm³/mol. The minimum atomic E-state index is -0.728. The number of methoxy groups -OCH3 is 1. The predicted octanol–water partition coefficient (Wildman–Crippen LogP) is 3.68. The first-order chi connectivity index (χ1) is 9.81. The fourth-order valence-corrected chi connectivity index (χ4v) is 5.89. The quantitative estimate of drug-likeness (QED) is 0.575. The fourth-order valence-electron chi connectivity index (χ4n) is 2.01. The Balaban J connectivity index is 2.96. The summed E-state index contributed by atoms with van der Waals surface area (Å²) in [5.74, 6) is -0.0601. The van der Waals surface area contributed by atoms with Crippen molar-refractivity contribution in [1.82, 2.24) is 0 Å². The summed E-state index contributed by atoms with van der Waals surface area (Å²) < 4.78 is 8.81. The number of hydrogen-bond donors (Lipinski definition) is 0. The highest BCUT2D eigenvalue weighted by Crippen LogP contribution is 2.64. The largest absolute Gasteiger partial charge is 0.507 e. The van der Waals surface area contributed by atoms with Crippen LogP contribution in [0.5, 0.6) is 0 Å². The highest BCUT2D eigenvalue weighted by Gasteiger charge is 2.51. The van der Waals surface area contributed by atoms with Crippen LogP contribution >= 0.6 is 23.5 Å². The summed E-state index contributed by atoms with van der Waals surface area (Å²) in [6.07, 6.45) is 1.11. The van der Waals surface area contributed by atoms with E-state index in [2.05, 4.69) is 16.9 Å². The highest BCUT2D eigenvalue weighted by atomic mass is 32.2. The summed E-state index contributed by atoms with van der Waals surface area (Å²) >= 11 is 3.17. The fraction of sp³-hybridized carbons (Fsp3) is 0.643. The Bertz CT molecular complexity index is 519. The molecule has 0 N–H and O–H groups in total. The van der Waals surface area contributed by atoms with Gasteiger partial charge in [-0.05, 0) is 13.8 Å². The summed E-state index contributed by atoms with van der Waals surface area (Å²) in [6, 6.07) is 4.27.